The van der Waals surface area contributed by atoms with Gasteiger partial charge in [-0.25, -0.2) is 17.9 Å². The molecule has 0 atom stereocenters. The number of benzene rings is 6. The number of ether oxygens (including phenoxy) is 1. The molecule has 0 bridgehead atoms. The summed E-state index contributed by atoms with van der Waals surface area (Å²) >= 11 is 7.76. The summed E-state index contributed by atoms with van der Waals surface area (Å²) in [5.74, 6) is 2.30. The Morgan fingerprint density at radius 3 is 1.03 bits per heavy atom. The molecule has 19 heteroatoms. The van der Waals surface area contributed by atoms with Crippen molar-refractivity contribution in [2.45, 2.75) is 176 Å². The van der Waals surface area contributed by atoms with Crippen LogP contribution in [0.15, 0.2) is 132 Å². The van der Waals surface area contributed by atoms with Gasteiger partial charge in [-0.1, -0.05) is 160 Å². The van der Waals surface area contributed by atoms with Gasteiger partial charge in [0.2, 0.25) is 0 Å². The topological polar surface area (TPSA) is 49.7 Å². The summed E-state index contributed by atoms with van der Waals surface area (Å²) in [6.07, 6.45) is 11.2. The molecule has 3 saturated carbocycles. The van der Waals surface area contributed by atoms with E-state index < -0.39 is 46.5 Å². The SMILES string of the molecule is CCCC1CCC(c2ccc(-c3ccc(C(F)(F)Br)cc3)c(F)c2)CC1.CCCC1CCC(c2ccc(-c3ccc(C(F)(F)OC(F)(F)F)cc3)c(F)c2)CC1.CCCC1CCC(c2ccc(B(O)O)c(F)c2)CC1.FC(F)(Br)c1ccc(Br)cc1. The third kappa shape index (κ3) is 21.5. The maximum absolute atomic E-state index is 14.7. The van der Waals surface area contributed by atoms with Crippen molar-refractivity contribution in [3.05, 3.63) is 183 Å². The van der Waals surface area contributed by atoms with Gasteiger partial charge in [0.1, 0.15) is 17.5 Å². The van der Waals surface area contributed by atoms with Crippen molar-refractivity contribution >= 4 is 60.4 Å². The van der Waals surface area contributed by atoms with Gasteiger partial charge in [-0.2, -0.15) is 26.3 Å². The second-order valence-electron chi connectivity index (χ2n) is 22.9. The molecule has 0 aromatic heterocycles. The molecule has 3 nitrogen and oxygen atoms in total. The van der Waals surface area contributed by atoms with Crippen molar-refractivity contribution in [2.24, 2.45) is 17.8 Å². The maximum Gasteiger partial charge on any atom is 0.527 e. The Morgan fingerprint density at radius 1 is 0.430 bits per heavy atom. The van der Waals surface area contributed by atoms with Crippen LogP contribution in [0.3, 0.4) is 0 Å². The quantitative estimate of drug-likeness (QED) is 0.0577. The van der Waals surface area contributed by atoms with Gasteiger partial charge in [-0.05, 0) is 215 Å². The van der Waals surface area contributed by atoms with E-state index in [1.54, 1.807) is 42.5 Å². The van der Waals surface area contributed by atoms with E-state index in [1.807, 2.05) is 18.2 Å². The summed E-state index contributed by atoms with van der Waals surface area (Å²) in [4.78, 5) is -5.99. The normalized spacial score (nSPS) is 20.1. The highest BCUT2D eigenvalue weighted by Crippen LogP contribution is 2.43. The number of halogens is 15. The van der Waals surface area contributed by atoms with Crippen molar-refractivity contribution in [3.63, 3.8) is 0 Å². The molecule has 9 rings (SSSR count). The molecular weight excluding hydrogens is 1330 g/mol. The molecule has 6 aromatic rings. The van der Waals surface area contributed by atoms with Crippen LogP contribution in [0, 0.1) is 35.2 Å². The predicted molar refractivity (Wildman–Crippen MR) is 330 cm³/mol. The Hall–Kier alpha value is -4.14. The minimum absolute atomic E-state index is 0.0385. The lowest BCUT2D eigenvalue weighted by atomic mass is 9.75. The second kappa shape index (κ2) is 32.6. The fourth-order valence-corrected chi connectivity index (χ4v) is 12.9. The molecule has 0 saturated heterocycles. The summed E-state index contributed by atoms with van der Waals surface area (Å²) in [5.41, 5.74) is 3.40. The van der Waals surface area contributed by atoms with Crippen LogP contribution in [0.25, 0.3) is 22.3 Å². The van der Waals surface area contributed by atoms with Crippen LogP contribution in [0.5, 0.6) is 0 Å². The van der Waals surface area contributed by atoms with Crippen molar-refractivity contribution in [1.82, 2.24) is 0 Å². The third-order valence-electron chi connectivity index (χ3n) is 16.8. The van der Waals surface area contributed by atoms with Crippen LogP contribution < -0.4 is 5.46 Å². The summed E-state index contributed by atoms with van der Waals surface area (Å²) in [7, 11) is -1.73. The molecule has 0 unspecified atom stereocenters. The van der Waals surface area contributed by atoms with Crippen LogP contribution >= 0.6 is 47.8 Å². The van der Waals surface area contributed by atoms with Gasteiger partial charge in [0.25, 0.3) is 0 Å². The van der Waals surface area contributed by atoms with E-state index in [-0.39, 0.29) is 28.0 Å². The number of hydrogen-bond donors (Lipinski definition) is 2. The van der Waals surface area contributed by atoms with E-state index in [4.69, 9.17) is 10.0 Å². The summed E-state index contributed by atoms with van der Waals surface area (Å²) in [5, 5.41) is 18.0. The summed E-state index contributed by atoms with van der Waals surface area (Å²) < 4.78 is 162. The van der Waals surface area contributed by atoms with Crippen LogP contribution in [-0.2, 0) is 20.5 Å². The molecule has 3 fully saturated rings. The van der Waals surface area contributed by atoms with Crippen LogP contribution in [0.1, 0.15) is 187 Å². The zero-order chi connectivity index (χ0) is 63.0. The largest absolute Gasteiger partial charge is 0.527 e. The van der Waals surface area contributed by atoms with E-state index in [0.717, 1.165) is 115 Å². The molecule has 6 aromatic carbocycles. The smallest absolute Gasteiger partial charge is 0.423 e. The lowest BCUT2D eigenvalue weighted by molar-refractivity contribution is -0.431. The number of rotatable bonds is 16. The molecule has 86 heavy (non-hydrogen) atoms. The van der Waals surface area contributed by atoms with E-state index >= 15 is 0 Å². The molecule has 3 aliphatic carbocycles. The van der Waals surface area contributed by atoms with Crippen molar-refractivity contribution in [2.75, 3.05) is 0 Å². The van der Waals surface area contributed by atoms with Crippen molar-refractivity contribution < 1.29 is 67.5 Å². The molecule has 0 aliphatic heterocycles. The average Bonchev–Trinajstić information content (AvgIpc) is 1.89. The average molecular weight is 1410 g/mol. The van der Waals surface area contributed by atoms with E-state index in [1.165, 1.54) is 107 Å². The Balaban J connectivity index is 0.000000193. The molecule has 3 aliphatic rings. The predicted octanol–water partition coefficient (Wildman–Crippen LogP) is 22.6. The molecule has 0 heterocycles. The van der Waals surface area contributed by atoms with Gasteiger partial charge in [0.15, 0.2) is 0 Å². The fraction of sp³-hybridized carbons (Fsp3) is 0.463. The van der Waals surface area contributed by atoms with Gasteiger partial charge in [0.05, 0.1) is 5.56 Å². The van der Waals surface area contributed by atoms with Gasteiger partial charge in [-0.15, -0.1) is 13.2 Å². The van der Waals surface area contributed by atoms with E-state index in [9.17, 15) is 52.7 Å². The lowest BCUT2D eigenvalue weighted by Crippen LogP contribution is -2.32. The first kappa shape index (κ1) is 70.9. The van der Waals surface area contributed by atoms with Gasteiger partial charge >= 0.3 is 29.3 Å². The Morgan fingerprint density at radius 2 is 0.744 bits per heavy atom. The van der Waals surface area contributed by atoms with Crippen LogP contribution in [-0.4, -0.2) is 23.5 Å². The number of alkyl halides is 11. The zero-order valence-corrected chi connectivity index (χ0v) is 53.1. The van der Waals surface area contributed by atoms with Gasteiger partial charge < -0.3 is 10.0 Å². The first-order valence-corrected chi connectivity index (χ1v) is 32.0. The molecule has 0 spiro atoms. The third-order valence-corrected chi connectivity index (χ3v) is 18.2. The molecule has 468 valence electrons. The highest BCUT2D eigenvalue weighted by Gasteiger charge is 2.46. The van der Waals surface area contributed by atoms with Crippen molar-refractivity contribution in [3.8, 4) is 22.3 Å². The first-order chi connectivity index (χ1) is 40.6. The maximum atomic E-state index is 14.7. The van der Waals surface area contributed by atoms with E-state index in [2.05, 4.69) is 73.3 Å². The Labute approximate surface area is 523 Å². The minimum Gasteiger partial charge on any atom is -0.423 e. The monoisotopic (exact) mass is 1400 g/mol. The van der Waals surface area contributed by atoms with E-state index in [0.29, 0.717) is 34.4 Å². The minimum atomic E-state index is -5.47. The van der Waals surface area contributed by atoms with Crippen molar-refractivity contribution in [1.29, 1.82) is 0 Å². The summed E-state index contributed by atoms with van der Waals surface area (Å²) in [6.45, 7) is 6.63. The van der Waals surface area contributed by atoms with Crippen LogP contribution in [0.4, 0.5) is 52.7 Å². The Kier molecular flexibility index (Phi) is 26.9. The standard InChI is InChI=1S/C23H24F6O.C22H24BrF3.C15H22BFO2.C7H4Br2F2/c1-2-3-15-4-6-16(7-5-15)18-10-13-20(21(24)14-18)17-8-11-19(12-9-17)22(25,26)30-23(27,28)29;1-2-3-15-4-6-16(7-5-15)18-10-13-20(21(24)14-18)17-8-11-19(12-9-17)22(23,25)26;1-2-3-11-4-6-12(7-5-11)13-8-9-14(16(18)19)15(17)10-13;8-6-3-1-5(2-4-6)7(9,10)11/h8-16H,2-7H2,1H3;8-16H,2-7H2,1H3;8-12,18-19H,2-7H2,1H3;1-4H. The lowest BCUT2D eigenvalue weighted by Gasteiger charge is -2.28. The molecule has 0 amide bonds. The first-order valence-electron chi connectivity index (χ1n) is 29.6. The van der Waals surface area contributed by atoms with Gasteiger partial charge in [-0.3, -0.25) is 0 Å². The zero-order valence-electron chi connectivity index (χ0n) is 48.4. The molecule has 0 radical (unpaired) electrons. The Bertz CT molecular complexity index is 3000. The number of hydrogen-bond acceptors (Lipinski definition) is 3. The molecule has 2 N–H and O–H groups in total. The summed E-state index contributed by atoms with van der Waals surface area (Å²) in [6, 6.07) is 30.7. The second-order valence-corrected chi connectivity index (χ2v) is 25.8. The highest BCUT2D eigenvalue weighted by molar-refractivity contribution is 9.10. The molecular formula is C67H74BBr3F12O3. The van der Waals surface area contributed by atoms with Gasteiger partial charge in [0, 0.05) is 32.2 Å². The highest BCUT2D eigenvalue weighted by atomic mass is 79.9. The fourth-order valence-electron chi connectivity index (χ4n) is 12.1. The van der Waals surface area contributed by atoms with Crippen LogP contribution in [0.2, 0.25) is 0 Å².